The molecule has 0 aromatic heterocycles. The van der Waals surface area contributed by atoms with Crippen LogP contribution in [-0.4, -0.2) is 24.0 Å². The lowest BCUT2D eigenvalue weighted by molar-refractivity contribution is 0.174. The van der Waals surface area contributed by atoms with Crippen molar-refractivity contribution in [1.29, 1.82) is 5.26 Å². The standard InChI is InChI=1S/C9H18N2/c1-9(2,3)11(4)8-6-5-7-10/h5-6,8H2,1-4H3. The zero-order valence-electron chi connectivity index (χ0n) is 8.02. The first-order valence-corrected chi connectivity index (χ1v) is 4.06. The van der Waals surface area contributed by atoms with E-state index in [1.54, 1.807) is 0 Å². The topological polar surface area (TPSA) is 27.0 Å². The van der Waals surface area contributed by atoms with Crippen LogP contribution in [0.3, 0.4) is 0 Å². The molecule has 0 radical (unpaired) electrons. The normalized spacial score (nSPS) is 11.6. The fraction of sp³-hybridized carbons (Fsp3) is 0.889. The monoisotopic (exact) mass is 154 g/mol. The van der Waals surface area contributed by atoms with E-state index in [-0.39, 0.29) is 5.54 Å². The zero-order chi connectivity index (χ0) is 8.91. The summed E-state index contributed by atoms with van der Waals surface area (Å²) in [6.07, 6.45) is 1.64. The maximum Gasteiger partial charge on any atom is 0.0622 e. The largest absolute Gasteiger partial charge is 0.301 e. The Kier molecular flexibility index (Phi) is 4.14. The molecule has 0 N–H and O–H groups in total. The van der Waals surface area contributed by atoms with Crippen molar-refractivity contribution >= 4 is 0 Å². The van der Waals surface area contributed by atoms with Gasteiger partial charge in [-0.15, -0.1) is 0 Å². The number of nitrogens with zero attached hydrogens (tertiary/aromatic N) is 2. The third kappa shape index (κ3) is 4.80. The van der Waals surface area contributed by atoms with E-state index in [2.05, 4.69) is 38.8 Å². The number of nitriles is 1. The molecule has 0 amide bonds. The Morgan fingerprint density at radius 3 is 2.27 bits per heavy atom. The number of rotatable bonds is 3. The minimum atomic E-state index is 0.232. The first-order chi connectivity index (χ1) is 4.98. The molecule has 0 aromatic rings. The Hall–Kier alpha value is -0.550. The van der Waals surface area contributed by atoms with Gasteiger partial charge in [0, 0.05) is 12.0 Å². The van der Waals surface area contributed by atoms with Crippen molar-refractivity contribution in [2.75, 3.05) is 13.6 Å². The van der Waals surface area contributed by atoms with Gasteiger partial charge in [-0.25, -0.2) is 0 Å². The van der Waals surface area contributed by atoms with Gasteiger partial charge in [0.25, 0.3) is 0 Å². The molecule has 64 valence electrons. The van der Waals surface area contributed by atoms with Gasteiger partial charge >= 0.3 is 0 Å². The number of unbranched alkanes of at least 4 members (excludes halogenated alkanes) is 1. The third-order valence-corrected chi connectivity index (χ3v) is 1.93. The Morgan fingerprint density at radius 1 is 1.36 bits per heavy atom. The van der Waals surface area contributed by atoms with Crippen molar-refractivity contribution in [3.05, 3.63) is 0 Å². The molecular formula is C9H18N2. The summed E-state index contributed by atoms with van der Waals surface area (Å²) >= 11 is 0. The average molecular weight is 154 g/mol. The highest BCUT2D eigenvalue weighted by molar-refractivity contribution is 4.75. The Morgan fingerprint density at radius 2 is 1.91 bits per heavy atom. The quantitative estimate of drug-likeness (QED) is 0.581. The van der Waals surface area contributed by atoms with Crippen LogP contribution in [0, 0.1) is 11.3 Å². The highest BCUT2D eigenvalue weighted by Crippen LogP contribution is 2.10. The summed E-state index contributed by atoms with van der Waals surface area (Å²) in [5.41, 5.74) is 0.232. The van der Waals surface area contributed by atoms with Gasteiger partial charge in [0.1, 0.15) is 0 Å². The van der Waals surface area contributed by atoms with Gasteiger partial charge in [0.05, 0.1) is 6.07 Å². The first-order valence-electron chi connectivity index (χ1n) is 4.06. The number of hydrogen-bond acceptors (Lipinski definition) is 2. The zero-order valence-corrected chi connectivity index (χ0v) is 8.02. The fourth-order valence-corrected chi connectivity index (χ4v) is 0.731. The Bertz CT molecular complexity index is 139. The predicted molar refractivity (Wildman–Crippen MR) is 47.2 cm³/mol. The van der Waals surface area contributed by atoms with Crippen molar-refractivity contribution in [1.82, 2.24) is 4.90 Å². The van der Waals surface area contributed by atoms with Crippen LogP contribution in [-0.2, 0) is 0 Å². The van der Waals surface area contributed by atoms with Crippen molar-refractivity contribution in [3.8, 4) is 6.07 Å². The predicted octanol–water partition coefficient (Wildman–Crippen LogP) is 2.02. The highest BCUT2D eigenvalue weighted by Gasteiger charge is 2.15. The lowest BCUT2D eigenvalue weighted by atomic mass is 10.1. The maximum absolute atomic E-state index is 8.31. The van der Waals surface area contributed by atoms with E-state index in [4.69, 9.17) is 5.26 Å². The molecule has 0 aliphatic carbocycles. The van der Waals surface area contributed by atoms with Crippen LogP contribution in [0.1, 0.15) is 33.6 Å². The molecule has 0 fully saturated rings. The van der Waals surface area contributed by atoms with E-state index in [0.29, 0.717) is 6.42 Å². The fourth-order valence-electron chi connectivity index (χ4n) is 0.731. The van der Waals surface area contributed by atoms with E-state index in [0.717, 1.165) is 13.0 Å². The molecule has 0 heterocycles. The molecule has 0 saturated carbocycles. The van der Waals surface area contributed by atoms with Gasteiger partial charge in [0.15, 0.2) is 0 Å². The molecule has 0 aliphatic rings. The van der Waals surface area contributed by atoms with Gasteiger partial charge in [-0.3, -0.25) is 0 Å². The van der Waals surface area contributed by atoms with Crippen molar-refractivity contribution in [3.63, 3.8) is 0 Å². The second kappa shape index (κ2) is 4.35. The molecule has 2 nitrogen and oxygen atoms in total. The van der Waals surface area contributed by atoms with Crippen molar-refractivity contribution in [2.24, 2.45) is 0 Å². The minimum Gasteiger partial charge on any atom is -0.301 e. The molecule has 2 heteroatoms. The first kappa shape index (κ1) is 10.4. The second-order valence-electron chi connectivity index (χ2n) is 3.85. The Labute approximate surface area is 69.8 Å². The van der Waals surface area contributed by atoms with Crippen molar-refractivity contribution < 1.29 is 0 Å². The van der Waals surface area contributed by atoms with Gasteiger partial charge < -0.3 is 4.90 Å². The summed E-state index contributed by atoms with van der Waals surface area (Å²) in [6, 6.07) is 2.15. The van der Waals surface area contributed by atoms with Gasteiger partial charge in [0.2, 0.25) is 0 Å². The number of hydrogen-bond donors (Lipinski definition) is 0. The van der Waals surface area contributed by atoms with E-state index in [1.165, 1.54) is 0 Å². The van der Waals surface area contributed by atoms with Crippen LogP contribution in [0.25, 0.3) is 0 Å². The summed E-state index contributed by atoms with van der Waals surface area (Å²) in [6.45, 7) is 7.55. The molecule has 0 unspecified atom stereocenters. The van der Waals surface area contributed by atoms with Crippen LogP contribution in [0.4, 0.5) is 0 Å². The maximum atomic E-state index is 8.31. The van der Waals surface area contributed by atoms with E-state index >= 15 is 0 Å². The van der Waals surface area contributed by atoms with Crippen molar-refractivity contribution in [2.45, 2.75) is 39.2 Å². The molecule has 0 spiro atoms. The van der Waals surface area contributed by atoms with E-state index in [9.17, 15) is 0 Å². The minimum absolute atomic E-state index is 0.232. The van der Waals surface area contributed by atoms with Gasteiger partial charge in [-0.05, 0) is 40.8 Å². The Balaban J connectivity index is 3.55. The molecule has 11 heavy (non-hydrogen) atoms. The summed E-state index contributed by atoms with van der Waals surface area (Å²) < 4.78 is 0. The average Bonchev–Trinajstić information content (AvgIpc) is 1.86. The highest BCUT2D eigenvalue weighted by atomic mass is 15.1. The van der Waals surface area contributed by atoms with E-state index < -0.39 is 0 Å². The molecule has 0 aromatic carbocycles. The second-order valence-corrected chi connectivity index (χ2v) is 3.85. The van der Waals surface area contributed by atoms with Crippen LogP contribution in [0.15, 0.2) is 0 Å². The van der Waals surface area contributed by atoms with Crippen LogP contribution >= 0.6 is 0 Å². The van der Waals surface area contributed by atoms with Crippen LogP contribution in [0.2, 0.25) is 0 Å². The lowest BCUT2D eigenvalue weighted by Gasteiger charge is -2.31. The third-order valence-electron chi connectivity index (χ3n) is 1.93. The molecule has 0 saturated heterocycles. The summed E-state index contributed by atoms with van der Waals surface area (Å²) in [4.78, 5) is 2.27. The molecule has 0 atom stereocenters. The molecular weight excluding hydrogens is 136 g/mol. The van der Waals surface area contributed by atoms with Gasteiger partial charge in [-0.1, -0.05) is 0 Å². The SMILES string of the molecule is CN(CCCC#N)C(C)(C)C. The van der Waals surface area contributed by atoms with Crippen LogP contribution in [0.5, 0.6) is 0 Å². The smallest absolute Gasteiger partial charge is 0.0622 e. The van der Waals surface area contributed by atoms with E-state index in [1.807, 2.05) is 0 Å². The molecule has 0 aliphatic heterocycles. The molecule has 0 bridgehead atoms. The van der Waals surface area contributed by atoms with Gasteiger partial charge in [-0.2, -0.15) is 5.26 Å². The summed E-state index contributed by atoms with van der Waals surface area (Å²) in [5.74, 6) is 0. The summed E-state index contributed by atoms with van der Waals surface area (Å²) in [5, 5.41) is 8.31. The van der Waals surface area contributed by atoms with Crippen LogP contribution < -0.4 is 0 Å². The lowest BCUT2D eigenvalue weighted by Crippen LogP contribution is -2.38. The molecule has 0 rings (SSSR count). The summed E-state index contributed by atoms with van der Waals surface area (Å²) in [7, 11) is 2.09.